The van der Waals surface area contributed by atoms with E-state index in [1.165, 1.54) is 0 Å². The molecule has 2 atom stereocenters. The maximum Gasteiger partial charge on any atom is 0.259 e. The molecule has 4 N–H and O–H groups in total. The summed E-state index contributed by atoms with van der Waals surface area (Å²) >= 11 is 0. The van der Waals surface area contributed by atoms with E-state index in [2.05, 4.69) is 10.3 Å². The van der Waals surface area contributed by atoms with Crippen LogP contribution >= 0.6 is 0 Å². The van der Waals surface area contributed by atoms with Gasteiger partial charge in [-0.2, -0.15) is 0 Å². The van der Waals surface area contributed by atoms with E-state index < -0.39 is 17.9 Å². The minimum Gasteiger partial charge on any atom is -0.494 e. The Morgan fingerprint density at radius 2 is 2.04 bits per heavy atom. The molecular formula is C19H26N4O4. The number of benzene rings is 1. The van der Waals surface area contributed by atoms with Gasteiger partial charge in [-0.05, 0) is 38.0 Å². The highest BCUT2D eigenvalue weighted by Gasteiger charge is 2.45. The van der Waals surface area contributed by atoms with Crippen molar-refractivity contribution in [1.29, 1.82) is 0 Å². The van der Waals surface area contributed by atoms with Crippen LogP contribution in [0.25, 0.3) is 0 Å². The standard InChI is InChI=1S/C19H26N4O4/c1-12-14-11-13(27-10-6-4-2-3-5-9-24)7-8-15(14)21-19-22-18(26)16(17(20)25)23(12)19/h7-8,11-12,16,24H,2-6,9-10H2,1H3,(H2,20,25)(H,21,22,26). The molecule has 2 amide bonds. The highest BCUT2D eigenvalue weighted by Crippen LogP contribution is 2.39. The smallest absolute Gasteiger partial charge is 0.259 e. The number of guanidine groups is 1. The van der Waals surface area contributed by atoms with Crippen molar-refractivity contribution in [3.05, 3.63) is 23.8 Å². The van der Waals surface area contributed by atoms with Crippen LogP contribution in [0.4, 0.5) is 5.69 Å². The van der Waals surface area contributed by atoms with Gasteiger partial charge in [0.25, 0.3) is 5.91 Å². The van der Waals surface area contributed by atoms with Crippen LogP contribution < -0.4 is 15.8 Å². The van der Waals surface area contributed by atoms with E-state index in [9.17, 15) is 9.59 Å². The normalized spacial score (nSPS) is 20.6. The van der Waals surface area contributed by atoms with E-state index in [0.29, 0.717) is 12.6 Å². The number of amides is 2. The summed E-state index contributed by atoms with van der Waals surface area (Å²) in [4.78, 5) is 29.8. The number of ether oxygens (including phenoxy) is 1. The Morgan fingerprint density at radius 1 is 1.30 bits per heavy atom. The highest BCUT2D eigenvalue weighted by molar-refractivity contribution is 6.17. The van der Waals surface area contributed by atoms with E-state index in [-0.39, 0.29) is 12.6 Å². The fourth-order valence-corrected chi connectivity index (χ4v) is 3.51. The van der Waals surface area contributed by atoms with Crippen LogP contribution in [-0.2, 0) is 9.59 Å². The number of aliphatic hydroxyl groups excluding tert-OH is 1. The summed E-state index contributed by atoms with van der Waals surface area (Å²) in [7, 11) is 0. The molecule has 0 aromatic heterocycles. The minimum absolute atomic E-state index is 0.231. The molecule has 146 valence electrons. The van der Waals surface area contributed by atoms with Crippen molar-refractivity contribution in [3.8, 4) is 5.75 Å². The number of primary amides is 1. The van der Waals surface area contributed by atoms with E-state index in [4.69, 9.17) is 15.6 Å². The number of hydrogen-bond acceptors (Lipinski definition) is 6. The fourth-order valence-electron chi connectivity index (χ4n) is 3.51. The van der Waals surface area contributed by atoms with Crippen LogP contribution in [0, 0.1) is 0 Å². The van der Waals surface area contributed by atoms with Gasteiger partial charge in [-0.25, -0.2) is 4.99 Å². The van der Waals surface area contributed by atoms with Crippen LogP contribution in [0.15, 0.2) is 23.2 Å². The second-order valence-corrected chi connectivity index (χ2v) is 6.87. The van der Waals surface area contributed by atoms with Gasteiger partial charge in [-0.3, -0.25) is 14.9 Å². The van der Waals surface area contributed by atoms with Crippen LogP contribution in [0.2, 0.25) is 0 Å². The lowest BCUT2D eigenvalue weighted by molar-refractivity contribution is -0.131. The molecule has 27 heavy (non-hydrogen) atoms. The molecule has 2 aliphatic rings. The molecule has 2 aliphatic heterocycles. The molecule has 1 fully saturated rings. The number of nitrogens with two attached hydrogens (primary N) is 1. The summed E-state index contributed by atoms with van der Waals surface area (Å²) in [6, 6.07) is 4.35. The first-order chi connectivity index (χ1) is 13.0. The summed E-state index contributed by atoms with van der Waals surface area (Å²) in [6.45, 7) is 2.78. The number of aliphatic hydroxyl groups is 1. The molecule has 8 nitrogen and oxygen atoms in total. The van der Waals surface area contributed by atoms with Gasteiger partial charge in [0.15, 0.2) is 6.04 Å². The fraction of sp³-hybridized carbons (Fsp3) is 0.526. The Morgan fingerprint density at radius 3 is 2.78 bits per heavy atom. The predicted octanol–water partition coefficient (Wildman–Crippen LogP) is 1.36. The average Bonchev–Trinajstić information content (AvgIpc) is 2.98. The van der Waals surface area contributed by atoms with Crippen LogP contribution in [-0.4, -0.2) is 47.0 Å². The summed E-state index contributed by atoms with van der Waals surface area (Å²) in [5.41, 5.74) is 7.03. The zero-order chi connectivity index (χ0) is 19.4. The Kier molecular flexibility index (Phi) is 5.95. The van der Waals surface area contributed by atoms with Gasteiger partial charge in [0.1, 0.15) is 5.75 Å². The second-order valence-electron chi connectivity index (χ2n) is 6.87. The monoisotopic (exact) mass is 374 g/mol. The van der Waals surface area contributed by atoms with Gasteiger partial charge >= 0.3 is 0 Å². The van der Waals surface area contributed by atoms with E-state index in [1.807, 2.05) is 25.1 Å². The van der Waals surface area contributed by atoms with Crippen molar-refractivity contribution in [1.82, 2.24) is 10.2 Å². The molecule has 1 aromatic rings. The molecule has 0 saturated carbocycles. The third-order valence-corrected chi connectivity index (χ3v) is 4.94. The summed E-state index contributed by atoms with van der Waals surface area (Å²) in [5, 5.41) is 11.4. The first-order valence-corrected chi connectivity index (χ1v) is 9.37. The lowest BCUT2D eigenvalue weighted by Gasteiger charge is -2.33. The first kappa shape index (κ1) is 19.2. The minimum atomic E-state index is -1.05. The van der Waals surface area contributed by atoms with Crippen LogP contribution in [0.3, 0.4) is 0 Å². The largest absolute Gasteiger partial charge is 0.494 e. The maximum absolute atomic E-state index is 12.0. The molecule has 0 spiro atoms. The molecule has 0 radical (unpaired) electrons. The quantitative estimate of drug-likeness (QED) is 0.446. The number of fused-ring (bicyclic) bond motifs is 2. The molecule has 1 saturated heterocycles. The van der Waals surface area contributed by atoms with Gasteiger partial charge < -0.3 is 20.5 Å². The molecule has 1 aromatic carbocycles. The average molecular weight is 374 g/mol. The summed E-state index contributed by atoms with van der Waals surface area (Å²) in [6.07, 6.45) is 5.00. The van der Waals surface area contributed by atoms with E-state index >= 15 is 0 Å². The number of aliphatic imine (C=N–C) groups is 1. The number of carbonyl (C=O) groups excluding carboxylic acids is 2. The summed E-state index contributed by atoms with van der Waals surface area (Å²) < 4.78 is 5.84. The van der Waals surface area contributed by atoms with Crippen molar-refractivity contribution < 1.29 is 19.4 Å². The topological polar surface area (TPSA) is 117 Å². The van der Waals surface area contributed by atoms with Gasteiger partial charge in [0.2, 0.25) is 11.9 Å². The first-order valence-electron chi connectivity index (χ1n) is 9.37. The number of rotatable bonds is 9. The molecule has 2 heterocycles. The van der Waals surface area contributed by atoms with Crippen molar-refractivity contribution in [2.75, 3.05) is 13.2 Å². The number of nitrogens with one attached hydrogen (secondary N) is 1. The lowest BCUT2D eigenvalue weighted by Crippen LogP contribution is -2.47. The van der Waals surface area contributed by atoms with Gasteiger partial charge in [0.05, 0.1) is 18.3 Å². The highest BCUT2D eigenvalue weighted by atomic mass is 16.5. The van der Waals surface area contributed by atoms with Crippen LogP contribution in [0.1, 0.15) is 50.6 Å². The Labute approximate surface area is 158 Å². The molecule has 0 aliphatic carbocycles. The SMILES string of the molecule is CC1c2cc(OCCCCCCCO)ccc2N=C2NC(=O)C(C(N)=O)N21. The third-order valence-electron chi connectivity index (χ3n) is 4.94. The lowest BCUT2D eigenvalue weighted by atomic mass is 10.0. The van der Waals surface area contributed by atoms with Crippen molar-refractivity contribution in [2.45, 2.75) is 51.1 Å². The Bertz CT molecular complexity index is 749. The number of nitrogens with zero attached hydrogens (tertiary/aromatic N) is 2. The maximum atomic E-state index is 12.0. The van der Waals surface area contributed by atoms with Crippen LogP contribution in [0.5, 0.6) is 5.75 Å². The zero-order valence-corrected chi connectivity index (χ0v) is 15.5. The third kappa shape index (κ3) is 4.05. The van der Waals surface area contributed by atoms with E-state index in [1.54, 1.807) is 4.90 Å². The van der Waals surface area contributed by atoms with Crippen molar-refractivity contribution >= 4 is 23.5 Å². The molecular weight excluding hydrogens is 348 g/mol. The molecule has 2 unspecified atom stereocenters. The Balaban J connectivity index is 1.64. The molecule has 0 bridgehead atoms. The molecule has 3 rings (SSSR count). The van der Waals surface area contributed by atoms with Gasteiger partial charge in [0, 0.05) is 12.2 Å². The molecule has 8 heteroatoms. The number of unbranched alkanes of at least 4 members (excludes halogenated alkanes) is 4. The summed E-state index contributed by atoms with van der Waals surface area (Å²) in [5.74, 6) is -0.0377. The van der Waals surface area contributed by atoms with E-state index in [0.717, 1.165) is 49.1 Å². The van der Waals surface area contributed by atoms with Gasteiger partial charge in [-0.1, -0.05) is 19.3 Å². The van der Waals surface area contributed by atoms with Crippen molar-refractivity contribution in [3.63, 3.8) is 0 Å². The number of hydrogen-bond donors (Lipinski definition) is 3. The number of carbonyl (C=O) groups is 2. The second kappa shape index (κ2) is 8.39. The van der Waals surface area contributed by atoms with Gasteiger partial charge in [-0.15, -0.1) is 0 Å². The zero-order valence-electron chi connectivity index (χ0n) is 15.5. The van der Waals surface area contributed by atoms with Crippen molar-refractivity contribution in [2.24, 2.45) is 10.7 Å². The Hall–Kier alpha value is -2.61. The predicted molar refractivity (Wildman–Crippen MR) is 101 cm³/mol.